The summed E-state index contributed by atoms with van der Waals surface area (Å²) in [6.45, 7) is 0.712. The standard InChI is InChI=1S/C13H11ClN2O/c14-11-5-2-1-4-9(11)13(17)10(8-15)12-6-3-7-16-12/h1-2,4-5,10H,3,6-7H2. The zero-order valence-electron chi connectivity index (χ0n) is 9.19. The van der Waals surface area contributed by atoms with Gasteiger partial charge in [0, 0.05) is 17.8 Å². The van der Waals surface area contributed by atoms with Gasteiger partial charge in [-0.15, -0.1) is 0 Å². The van der Waals surface area contributed by atoms with Crippen molar-refractivity contribution in [3.8, 4) is 6.07 Å². The Kier molecular flexibility index (Phi) is 3.55. The van der Waals surface area contributed by atoms with Crippen LogP contribution in [0.3, 0.4) is 0 Å². The van der Waals surface area contributed by atoms with Crippen LogP contribution in [-0.2, 0) is 0 Å². The number of nitrogens with zero attached hydrogens (tertiary/aromatic N) is 2. The molecule has 4 heteroatoms. The van der Waals surface area contributed by atoms with Crippen LogP contribution in [-0.4, -0.2) is 18.0 Å². The summed E-state index contributed by atoms with van der Waals surface area (Å²) in [5.74, 6) is -1.03. The Morgan fingerprint density at radius 1 is 1.47 bits per heavy atom. The Bertz CT molecular complexity index is 516. The summed E-state index contributed by atoms with van der Waals surface area (Å²) in [6, 6.07) is 8.82. The second-order valence-corrected chi connectivity index (χ2v) is 4.29. The zero-order chi connectivity index (χ0) is 12.3. The van der Waals surface area contributed by atoms with Gasteiger partial charge in [-0.25, -0.2) is 0 Å². The van der Waals surface area contributed by atoms with Crippen molar-refractivity contribution in [1.82, 2.24) is 0 Å². The van der Waals surface area contributed by atoms with Gasteiger partial charge in [0.1, 0.15) is 5.92 Å². The molecule has 0 radical (unpaired) electrons. The lowest BCUT2D eigenvalue weighted by Gasteiger charge is -2.09. The van der Waals surface area contributed by atoms with Gasteiger partial charge in [-0.3, -0.25) is 9.79 Å². The van der Waals surface area contributed by atoms with E-state index in [0.29, 0.717) is 22.8 Å². The van der Waals surface area contributed by atoms with Gasteiger partial charge in [-0.2, -0.15) is 5.26 Å². The Morgan fingerprint density at radius 3 is 2.82 bits per heavy atom. The molecule has 1 heterocycles. The molecule has 0 N–H and O–H groups in total. The summed E-state index contributed by atoms with van der Waals surface area (Å²) in [5.41, 5.74) is 1.09. The molecule has 86 valence electrons. The smallest absolute Gasteiger partial charge is 0.187 e. The molecule has 3 nitrogen and oxygen atoms in total. The van der Waals surface area contributed by atoms with Crippen molar-refractivity contribution in [2.45, 2.75) is 12.8 Å². The Balaban J connectivity index is 2.30. The van der Waals surface area contributed by atoms with Gasteiger partial charge in [0.2, 0.25) is 0 Å². The predicted molar refractivity (Wildman–Crippen MR) is 66.4 cm³/mol. The fourth-order valence-corrected chi connectivity index (χ4v) is 2.13. The number of rotatable bonds is 3. The maximum Gasteiger partial charge on any atom is 0.187 e. The number of ketones is 1. The van der Waals surface area contributed by atoms with Crippen LogP contribution in [0.2, 0.25) is 5.02 Å². The summed E-state index contributed by atoms with van der Waals surface area (Å²) in [6.07, 6.45) is 1.65. The lowest BCUT2D eigenvalue weighted by Crippen LogP contribution is -2.21. The van der Waals surface area contributed by atoms with Crippen molar-refractivity contribution in [3.05, 3.63) is 34.9 Å². The Morgan fingerprint density at radius 2 is 2.24 bits per heavy atom. The maximum atomic E-state index is 12.2. The van der Waals surface area contributed by atoms with Crippen LogP contribution < -0.4 is 0 Å². The first kappa shape index (κ1) is 11.8. The zero-order valence-corrected chi connectivity index (χ0v) is 9.94. The summed E-state index contributed by atoms with van der Waals surface area (Å²) in [4.78, 5) is 16.4. The van der Waals surface area contributed by atoms with Crippen LogP contribution >= 0.6 is 11.6 Å². The van der Waals surface area contributed by atoms with Crippen LogP contribution in [0.25, 0.3) is 0 Å². The molecule has 17 heavy (non-hydrogen) atoms. The maximum absolute atomic E-state index is 12.2. The fraction of sp³-hybridized carbons (Fsp3) is 0.308. The monoisotopic (exact) mass is 246 g/mol. The van der Waals surface area contributed by atoms with Crippen molar-refractivity contribution in [3.63, 3.8) is 0 Å². The largest absolute Gasteiger partial charge is 0.292 e. The average molecular weight is 247 g/mol. The molecule has 1 aliphatic heterocycles. The number of nitriles is 1. The number of carbonyl (C=O) groups is 1. The highest BCUT2D eigenvalue weighted by Gasteiger charge is 2.27. The molecule has 0 bridgehead atoms. The topological polar surface area (TPSA) is 53.2 Å². The van der Waals surface area contributed by atoms with E-state index in [0.717, 1.165) is 12.8 Å². The van der Waals surface area contributed by atoms with Crippen LogP contribution in [0.1, 0.15) is 23.2 Å². The molecule has 0 aliphatic carbocycles. The van der Waals surface area contributed by atoms with E-state index in [1.807, 2.05) is 6.07 Å². The molecule has 0 saturated carbocycles. The average Bonchev–Trinajstić information content (AvgIpc) is 2.84. The molecule has 1 atom stereocenters. The number of hydrogen-bond acceptors (Lipinski definition) is 3. The number of benzene rings is 1. The summed E-state index contributed by atoms with van der Waals surface area (Å²) in [7, 11) is 0. The highest BCUT2D eigenvalue weighted by Crippen LogP contribution is 2.22. The van der Waals surface area contributed by atoms with Crippen LogP contribution in [0.4, 0.5) is 0 Å². The van der Waals surface area contributed by atoms with Crippen LogP contribution in [0.15, 0.2) is 29.3 Å². The predicted octanol–water partition coefficient (Wildman–Crippen LogP) is 2.90. The first-order valence-electron chi connectivity index (χ1n) is 5.45. The molecule has 0 amide bonds. The van der Waals surface area contributed by atoms with Gasteiger partial charge in [0.05, 0.1) is 11.1 Å². The molecular weight excluding hydrogens is 236 g/mol. The second kappa shape index (κ2) is 5.11. The molecular formula is C13H11ClN2O. The fourth-order valence-electron chi connectivity index (χ4n) is 1.90. The van der Waals surface area contributed by atoms with Crippen molar-refractivity contribution < 1.29 is 4.79 Å². The summed E-state index contributed by atoms with van der Waals surface area (Å²) < 4.78 is 0. The third-order valence-electron chi connectivity index (χ3n) is 2.77. The number of carbonyl (C=O) groups excluding carboxylic acids is 1. The van der Waals surface area contributed by atoms with Gasteiger partial charge < -0.3 is 0 Å². The third-order valence-corrected chi connectivity index (χ3v) is 3.10. The molecule has 0 saturated heterocycles. The van der Waals surface area contributed by atoms with E-state index in [4.69, 9.17) is 16.9 Å². The van der Waals surface area contributed by atoms with E-state index in [1.54, 1.807) is 24.3 Å². The van der Waals surface area contributed by atoms with Crippen molar-refractivity contribution in [2.24, 2.45) is 10.9 Å². The van der Waals surface area contributed by atoms with E-state index < -0.39 is 5.92 Å². The molecule has 0 spiro atoms. The van der Waals surface area contributed by atoms with Gasteiger partial charge >= 0.3 is 0 Å². The molecule has 1 aromatic carbocycles. The van der Waals surface area contributed by atoms with Crippen LogP contribution in [0.5, 0.6) is 0 Å². The molecule has 1 unspecified atom stereocenters. The van der Waals surface area contributed by atoms with Gasteiger partial charge in [-0.05, 0) is 25.0 Å². The first-order chi connectivity index (χ1) is 8.24. The quantitative estimate of drug-likeness (QED) is 0.770. The second-order valence-electron chi connectivity index (χ2n) is 3.88. The van der Waals surface area contributed by atoms with Crippen molar-refractivity contribution >= 4 is 23.1 Å². The Labute approximate surface area is 105 Å². The van der Waals surface area contributed by atoms with E-state index in [9.17, 15) is 4.79 Å². The first-order valence-corrected chi connectivity index (χ1v) is 5.83. The number of hydrogen-bond donors (Lipinski definition) is 0. The van der Waals surface area contributed by atoms with E-state index in [2.05, 4.69) is 4.99 Å². The van der Waals surface area contributed by atoms with Crippen molar-refractivity contribution in [1.29, 1.82) is 5.26 Å². The number of aliphatic imine (C=N–C) groups is 1. The van der Waals surface area contributed by atoms with Gasteiger partial charge in [-0.1, -0.05) is 23.7 Å². The lowest BCUT2D eigenvalue weighted by molar-refractivity contribution is 0.0975. The highest BCUT2D eigenvalue weighted by atomic mass is 35.5. The number of Topliss-reactive ketones (excluding diaryl/α,β-unsaturated/α-hetero) is 1. The minimum atomic E-state index is -0.780. The third kappa shape index (κ3) is 2.37. The van der Waals surface area contributed by atoms with Crippen LogP contribution in [0, 0.1) is 17.2 Å². The van der Waals surface area contributed by atoms with Gasteiger partial charge in [0.25, 0.3) is 0 Å². The van der Waals surface area contributed by atoms with E-state index >= 15 is 0 Å². The minimum Gasteiger partial charge on any atom is -0.292 e. The normalized spacial score (nSPS) is 16.1. The molecule has 0 fully saturated rings. The molecule has 2 rings (SSSR count). The van der Waals surface area contributed by atoms with Crippen molar-refractivity contribution in [2.75, 3.05) is 6.54 Å². The summed E-state index contributed by atoms with van der Waals surface area (Å²) in [5, 5.41) is 9.50. The highest BCUT2D eigenvalue weighted by molar-refractivity contribution is 6.34. The molecule has 1 aromatic rings. The van der Waals surface area contributed by atoms with Gasteiger partial charge in [0.15, 0.2) is 5.78 Å². The molecule has 0 aromatic heterocycles. The summed E-state index contributed by atoms with van der Waals surface area (Å²) >= 11 is 5.96. The Hall–Kier alpha value is -1.66. The van der Waals surface area contributed by atoms with E-state index in [-0.39, 0.29) is 5.78 Å². The minimum absolute atomic E-state index is 0.251. The number of halogens is 1. The van der Waals surface area contributed by atoms with E-state index in [1.165, 1.54) is 0 Å². The lowest BCUT2D eigenvalue weighted by atomic mass is 9.93. The SMILES string of the molecule is N#CC(C(=O)c1ccccc1Cl)C1=NCCC1. The molecule has 1 aliphatic rings.